The summed E-state index contributed by atoms with van der Waals surface area (Å²) in [5, 5.41) is 3.39. The van der Waals surface area contributed by atoms with Crippen molar-refractivity contribution in [3.63, 3.8) is 0 Å². The van der Waals surface area contributed by atoms with E-state index in [4.69, 9.17) is 0 Å². The van der Waals surface area contributed by atoms with Crippen molar-refractivity contribution in [1.82, 2.24) is 15.2 Å². The molecule has 1 aromatic heterocycles. The summed E-state index contributed by atoms with van der Waals surface area (Å²) in [5.41, 5.74) is 1.25. The van der Waals surface area contributed by atoms with Crippen LogP contribution in [0.2, 0.25) is 0 Å². The Morgan fingerprint density at radius 2 is 2.15 bits per heavy atom. The largest absolute Gasteiger partial charge is 0.358 e. The molecule has 0 aliphatic carbocycles. The van der Waals surface area contributed by atoms with Gasteiger partial charge in [-0.25, -0.2) is 4.98 Å². The maximum absolute atomic E-state index is 4.60. The van der Waals surface area contributed by atoms with Crippen LogP contribution in [0.3, 0.4) is 0 Å². The smallest absolute Gasteiger partial charge is 0.132 e. The highest BCUT2D eigenvalue weighted by atomic mass is 79.9. The molecule has 0 bridgehead atoms. The summed E-state index contributed by atoms with van der Waals surface area (Å²) in [5.74, 6) is 1.09. The Kier molecular flexibility index (Phi) is 6.26. The molecule has 4 nitrogen and oxygen atoms in total. The maximum atomic E-state index is 4.60. The molecule has 112 valence electrons. The maximum Gasteiger partial charge on any atom is 0.132 e. The Labute approximate surface area is 130 Å². The van der Waals surface area contributed by atoms with Crippen LogP contribution < -0.4 is 10.2 Å². The normalized spacial score (nSPS) is 15.8. The Morgan fingerprint density at radius 3 is 2.85 bits per heavy atom. The second kappa shape index (κ2) is 7.96. The van der Waals surface area contributed by atoms with E-state index in [1.165, 1.54) is 31.5 Å². The third kappa shape index (κ3) is 4.43. The van der Waals surface area contributed by atoms with Gasteiger partial charge >= 0.3 is 0 Å². The third-order valence-corrected chi connectivity index (χ3v) is 4.22. The van der Waals surface area contributed by atoms with E-state index in [2.05, 4.69) is 56.1 Å². The highest BCUT2D eigenvalue weighted by molar-refractivity contribution is 9.10. The van der Waals surface area contributed by atoms with Crippen LogP contribution in [0.25, 0.3) is 0 Å². The van der Waals surface area contributed by atoms with E-state index in [9.17, 15) is 0 Å². The number of rotatable bonds is 7. The van der Waals surface area contributed by atoms with Crippen molar-refractivity contribution < 1.29 is 0 Å². The highest BCUT2D eigenvalue weighted by Crippen LogP contribution is 2.21. The van der Waals surface area contributed by atoms with Gasteiger partial charge in [0, 0.05) is 42.9 Å². The summed E-state index contributed by atoms with van der Waals surface area (Å²) in [7, 11) is 2.14. The Hall–Kier alpha value is -0.650. The highest BCUT2D eigenvalue weighted by Gasteiger charge is 2.14. The molecule has 2 heterocycles. The predicted octanol–water partition coefficient (Wildman–Crippen LogP) is 2.49. The molecule has 1 aliphatic heterocycles. The SMILES string of the molecule is CCNCc1cc(Br)cnc1N(C)CCN1CCCC1. The summed E-state index contributed by atoms with van der Waals surface area (Å²) >= 11 is 3.51. The molecular formula is C15H25BrN4. The summed E-state index contributed by atoms with van der Waals surface area (Å²) < 4.78 is 1.04. The van der Waals surface area contributed by atoms with E-state index in [0.717, 1.165) is 36.5 Å². The van der Waals surface area contributed by atoms with Crippen LogP contribution in [0.1, 0.15) is 25.3 Å². The molecule has 0 radical (unpaired) electrons. The number of likely N-dealkylation sites (tertiary alicyclic amines) is 1. The average molecular weight is 341 g/mol. The topological polar surface area (TPSA) is 31.4 Å². The summed E-state index contributed by atoms with van der Waals surface area (Å²) in [6, 6.07) is 2.16. The van der Waals surface area contributed by atoms with Gasteiger partial charge in [0.1, 0.15) is 5.82 Å². The molecule has 1 fully saturated rings. The Morgan fingerprint density at radius 1 is 1.40 bits per heavy atom. The Bertz CT molecular complexity index is 418. The van der Waals surface area contributed by atoms with Crippen LogP contribution in [0.5, 0.6) is 0 Å². The first-order valence-corrected chi connectivity index (χ1v) is 8.28. The second-order valence-corrected chi connectivity index (χ2v) is 6.30. The van der Waals surface area contributed by atoms with E-state index in [0.29, 0.717) is 0 Å². The molecule has 0 spiro atoms. The van der Waals surface area contributed by atoms with E-state index in [-0.39, 0.29) is 0 Å². The molecule has 1 aromatic rings. The van der Waals surface area contributed by atoms with Gasteiger partial charge in [0.2, 0.25) is 0 Å². The first-order valence-electron chi connectivity index (χ1n) is 7.49. The van der Waals surface area contributed by atoms with Gasteiger partial charge in [-0.2, -0.15) is 0 Å². The number of pyridine rings is 1. The van der Waals surface area contributed by atoms with Crippen molar-refractivity contribution >= 4 is 21.7 Å². The van der Waals surface area contributed by atoms with E-state index >= 15 is 0 Å². The lowest BCUT2D eigenvalue weighted by atomic mass is 10.2. The molecule has 5 heteroatoms. The predicted molar refractivity (Wildman–Crippen MR) is 88.3 cm³/mol. The minimum atomic E-state index is 0.867. The fraction of sp³-hybridized carbons (Fsp3) is 0.667. The minimum Gasteiger partial charge on any atom is -0.358 e. The lowest BCUT2D eigenvalue weighted by molar-refractivity contribution is 0.346. The van der Waals surface area contributed by atoms with Crippen molar-refractivity contribution in [2.75, 3.05) is 44.7 Å². The van der Waals surface area contributed by atoms with Gasteiger partial charge in [0.15, 0.2) is 0 Å². The van der Waals surface area contributed by atoms with Crippen LogP contribution >= 0.6 is 15.9 Å². The minimum absolute atomic E-state index is 0.867. The van der Waals surface area contributed by atoms with Gasteiger partial charge < -0.3 is 15.1 Å². The van der Waals surface area contributed by atoms with Gasteiger partial charge in [-0.15, -0.1) is 0 Å². The zero-order valence-electron chi connectivity index (χ0n) is 12.5. The van der Waals surface area contributed by atoms with Gasteiger partial charge in [-0.1, -0.05) is 6.92 Å². The van der Waals surface area contributed by atoms with Crippen molar-refractivity contribution in [2.24, 2.45) is 0 Å². The number of likely N-dealkylation sites (N-methyl/N-ethyl adjacent to an activating group) is 1. The van der Waals surface area contributed by atoms with E-state index in [1.807, 2.05) is 6.20 Å². The number of halogens is 1. The lowest BCUT2D eigenvalue weighted by Crippen LogP contribution is -2.32. The molecule has 20 heavy (non-hydrogen) atoms. The third-order valence-electron chi connectivity index (χ3n) is 3.79. The summed E-state index contributed by atoms with van der Waals surface area (Å²) in [4.78, 5) is 9.41. The Balaban J connectivity index is 1.97. The van der Waals surface area contributed by atoms with Gasteiger partial charge in [-0.3, -0.25) is 0 Å². The summed E-state index contributed by atoms with van der Waals surface area (Å²) in [6.07, 6.45) is 4.59. The molecule has 0 aromatic carbocycles. The van der Waals surface area contributed by atoms with Gasteiger partial charge in [0.05, 0.1) is 0 Å². The van der Waals surface area contributed by atoms with Crippen LogP contribution in [0.4, 0.5) is 5.82 Å². The fourth-order valence-electron chi connectivity index (χ4n) is 2.61. The molecule has 0 amide bonds. The molecule has 1 saturated heterocycles. The molecule has 1 aliphatic rings. The van der Waals surface area contributed by atoms with Gasteiger partial charge in [0.25, 0.3) is 0 Å². The van der Waals surface area contributed by atoms with Crippen LogP contribution in [-0.4, -0.2) is 49.7 Å². The first-order chi connectivity index (χ1) is 9.70. The van der Waals surface area contributed by atoms with E-state index in [1.54, 1.807) is 0 Å². The molecule has 0 saturated carbocycles. The number of aromatic nitrogens is 1. The quantitative estimate of drug-likeness (QED) is 0.826. The van der Waals surface area contributed by atoms with Crippen LogP contribution in [0, 0.1) is 0 Å². The average Bonchev–Trinajstić information content (AvgIpc) is 2.96. The van der Waals surface area contributed by atoms with Crippen molar-refractivity contribution in [1.29, 1.82) is 0 Å². The van der Waals surface area contributed by atoms with Crippen LogP contribution in [0.15, 0.2) is 16.7 Å². The van der Waals surface area contributed by atoms with Crippen LogP contribution in [-0.2, 0) is 6.54 Å². The van der Waals surface area contributed by atoms with Crippen molar-refractivity contribution in [3.8, 4) is 0 Å². The van der Waals surface area contributed by atoms with E-state index < -0.39 is 0 Å². The second-order valence-electron chi connectivity index (χ2n) is 5.39. The number of hydrogen-bond donors (Lipinski definition) is 1. The van der Waals surface area contributed by atoms with Crippen molar-refractivity contribution in [3.05, 3.63) is 22.3 Å². The number of nitrogens with zero attached hydrogens (tertiary/aromatic N) is 3. The number of nitrogens with one attached hydrogen (secondary N) is 1. The molecule has 1 N–H and O–H groups in total. The molecule has 2 rings (SSSR count). The fourth-order valence-corrected chi connectivity index (χ4v) is 2.99. The number of anilines is 1. The number of hydrogen-bond acceptors (Lipinski definition) is 4. The lowest BCUT2D eigenvalue weighted by Gasteiger charge is -2.24. The summed E-state index contributed by atoms with van der Waals surface area (Å²) in [6.45, 7) is 8.65. The molecule has 0 unspecified atom stereocenters. The first kappa shape index (κ1) is 15.7. The monoisotopic (exact) mass is 340 g/mol. The zero-order valence-corrected chi connectivity index (χ0v) is 14.1. The van der Waals surface area contributed by atoms with Gasteiger partial charge in [-0.05, 0) is 54.5 Å². The zero-order chi connectivity index (χ0) is 14.4. The molecular weight excluding hydrogens is 316 g/mol. The molecule has 0 atom stereocenters. The van der Waals surface area contributed by atoms with Crippen molar-refractivity contribution in [2.45, 2.75) is 26.3 Å². The standard InChI is InChI=1S/C15H25BrN4/c1-3-17-11-13-10-14(16)12-18-15(13)19(2)8-9-20-6-4-5-7-20/h10,12,17H,3-9,11H2,1-2H3.